The molecule has 0 saturated heterocycles. The number of nitrogen functional groups attached to an aromatic ring is 1. The van der Waals surface area contributed by atoms with Crippen LogP contribution in [-0.4, -0.2) is 14.8 Å². The minimum atomic E-state index is 0.397. The van der Waals surface area contributed by atoms with Crippen LogP contribution in [0.5, 0.6) is 0 Å². The second-order valence-corrected chi connectivity index (χ2v) is 3.58. The van der Waals surface area contributed by atoms with Gasteiger partial charge in [-0.1, -0.05) is 18.5 Å². The first-order chi connectivity index (χ1) is 7.22. The summed E-state index contributed by atoms with van der Waals surface area (Å²) in [5.41, 5.74) is 6.67. The van der Waals surface area contributed by atoms with Crippen molar-refractivity contribution in [2.24, 2.45) is 0 Å². The molecule has 2 aromatic rings. The van der Waals surface area contributed by atoms with Crippen molar-refractivity contribution < 1.29 is 0 Å². The van der Waals surface area contributed by atoms with Gasteiger partial charge in [0.25, 0.3) is 0 Å². The SMILES string of the molecule is CCc1nnc(N)n1-c1ccc(Cl)cc1. The highest BCUT2D eigenvalue weighted by Crippen LogP contribution is 2.17. The van der Waals surface area contributed by atoms with Gasteiger partial charge in [-0.05, 0) is 24.3 Å². The van der Waals surface area contributed by atoms with Gasteiger partial charge in [0, 0.05) is 11.4 Å². The molecule has 0 radical (unpaired) electrons. The molecule has 0 aliphatic carbocycles. The van der Waals surface area contributed by atoms with Crippen molar-refractivity contribution in [1.82, 2.24) is 14.8 Å². The molecule has 0 saturated carbocycles. The van der Waals surface area contributed by atoms with Crippen LogP contribution < -0.4 is 5.73 Å². The van der Waals surface area contributed by atoms with Crippen LogP contribution >= 0.6 is 11.6 Å². The Kier molecular flexibility index (Phi) is 2.60. The highest BCUT2D eigenvalue weighted by molar-refractivity contribution is 6.30. The first-order valence-electron chi connectivity index (χ1n) is 4.68. The van der Waals surface area contributed by atoms with Crippen molar-refractivity contribution in [2.45, 2.75) is 13.3 Å². The Hall–Kier alpha value is -1.55. The summed E-state index contributed by atoms with van der Waals surface area (Å²) in [5, 5.41) is 8.53. The van der Waals surface area contributed by atoms with Gasteiger partial charge in [0.15, 0.2) is 0 Å². The summed E-state index contributed by atoms with van der Waals surface area (Å²) in [4.78, 5) is 0. The van der Waals surface area contributed by atoms with Gasteiger partial charge >= 0.3 is 0 Å². The average Bonchev–Trinajstić information content (AvgIpc) is 2.61. The van der Waals surface area contributed by atoms with E-state index in [4.69, 9.17) is 17.3 Å². The maximum absolute atomic E-state index is 5.81. The summed E-state index contributed by atoms with van der Waals surface area (Å²) in [6, 6.07) is 7.41. The van der Waals surface area contributed by atoms with E-state index in [1.807, 2.05) is 35.8 Å². The summed E-state index contributed by atoms with van der Waals surface area (Å²) in [5.74, 6) is 1.24. The van der Waals surface area contributed by atoms with Crippen molar-refractivity contribution in [2.75, 3.05) is 5.73 Å². The van der Waals surface area contributed by atoms with Gasteiger partial charge in [-0.25, -0.2) is 0 Å². The zero-order chi connectivity index (χ0) is 10.8. The average molecular weight is 223 g/mol. The molecular formula is C10H11ClN4. The molecule has 0 bridgehead atoms. The molecule has 1 aromatic carbocycles. The van der Waals surface area contributed by atoms with Crippen molar-refractivity contribution in [1.29, 1.82) is 0 Å². The Morgan fingerprint density at radius 3 is 2.53 bits per heavy atom. The van der Waals surface area contributed by atoms with E-state index in [-0.39, 0.29) is 0 Å². The Labute approximate surface area is 92.7 Å². The molecule has 5 heteroatoms. The highest BCUT2D eigenvalue weighted by Gasteiger charge is 2.08. The molecule has 4 nitrogen and oxygen atoms in total. The minimum absolute atomic E-state index is 0.397. The fourth-order valence-corrected chi connectivity index (χ4v) is 1.56. The molecule has 0 aliphatic rings. The molecule has 1 heterocycles. The molecule has 15 heavy (non-hydrogen) atoms. The Balaban J connectivity index is 2.52. The Bertz CT molecular complexity index is 461. The van der Waals surface area contributed by atoms with Crippen LogP contribution in [0.2, 0.25) is 5.02 Å². The molecule has 0 spiro atoms. The van der Waals surface area contributed by atoms with Crippen LogP contribution in [0.1, 0.15) is 12.7 Å². The molecule has 1 aromatic heterocycles. The van der Waals surface area contributed by atoms with Gasteiger partial charge < -0.3 is 5.73 Å². The van der Waals surface area contributed by atoms with Gasteiger partial charge in [0.1, 0.15) is 5.82 Å². The number of hydrogen-bond acceptors (Lipinski definition) is 3. The predicted molar refractivity (Wildman–Crippen MR) is 60.2 cm³/mol. The van der Waals surface area contributed by atoms with E-state index < -0.39 is 0 Å². The predicted octanol–water partition coefficient (Wildman–Crippen LogP) is 2.07. The lowest BCUT2D eigenvalue weighted by Gasteiger charge is -2.06. The lowest BCUT2D eigenvalue weighted by molar-refractivity contribution is 0.885. The molecule has 0 unspecified atom stereocenters. The number of rotatable bonds is 2. The number of benzene rings is 1. The van der Waals surface area contributed by atoms with Crippen molar-refractivity contribution >= 4 is 17.5 Å². The fraction of sp³-hybridized carbons (Fsp3) is 0.200. The van der Waals surface area contributed by atoms with Crippen LogP contribution in [0.15, 0.2) is 24.3 Å². The molecule has 0 fully saturated rings. The number of nitrogens with two attached hydrogens (primary N) is 1. The second-order valence-electron chi connectivity index (χ2n) is 3.14. The zero-order valence-electron chi connectivity index (χ0n) is 8.31. The summed E-state index contributed by atoms with van der Waals surface area (Å²) < 4.78 is 1.82. The molecule has 0 amide bonds. The van der Waals surface area contributed by atoms with E-state index in [0.717, 1.165) is 17.9 Å². The molecule has 0 atom stereocenters. The number of anilines is 1. The van der Waals surface area contributed by atoms with Crippen LogP contribution in [0.3, 0.4) is 0 Å². The molecule has 0 aliphatic heterocycles. The third-order valence-electron chi connectivity index (χ3n) is 2.16. The maximum atomic E-state index is 5.81. The van der Waals surface area contributed by atoms with E-state index in [1.54, 1.807) is 0 Å². The van der Waals surface area contributed by atoms with E-state index in [9.17, 15) is 0 Å². The summed E-state index contributed by atoms with van der Waals surface area (Å²) >= 11 is 5.81. The van der Waals surface area contributed by atoms with Gasteiger partial charge in [-0.15, -0.1) is 10.2 Å². The fourth-order valence-electron chi connectivity index (χ4n) is 1.43. The summed E-state index contributed by atoms with van der Waals surface area (Å²) in [6.07, 6.45) is 0.785. The summed E-state index contributed by atoms with van der Waals surface area (Å²) in [6.45, 7) is 2.01. The number of nitrogens with zero attached hydrogens (tertiary/aromatic N) is 3. The Morgan fingerprint density at radius 1 is 1.27 bits per heavy atom. The first-order valence-corrected chi connectivity index (χ1v) is 5.06. The van der Waals surface area contributed by atoms with Gasteiger partial charge in [0.05, 0.1) is 5.69 Å². The maximum Gasteiger partial charge on any atom is 0.226 e. The summed E-state index contributed by atoms with van der Waals surface area (Å²) in [7, 11) is 0. The van der Waals surface area contributed by atoms with Gasteiger partial charge in [0.2, 0.25) is 5.95 Å². The van der Waals surface area contributed by atoms with E-state index in [1.165, 1.54) is 0 Å². The molecule has 2 rings (SSSR count). The third-order valence-corrected chi connectivity index (χ3v) is 2.41. The monoisotopic (exact) mass is 222 g/mol. The second kappa shape index (κ2) is 3.90. The molecule has 2 N–H and O–H groups in total. The highest BCUT2D eigenvalue weighted by atomic mass is 35.5. The number of aromatic nitrogens is 3. The van der Waals surface area contributed by atoms with Crippen LogP contribution in [0, 0.1) is 0 Å². The van der Waals surface area contributed by atoms with Crippen LogP contribution in [0.4, 0.5) is 5.95 Å². The normalized spacial score (nSPS) is 10.5. The third kappa shape index (κ3) is 1.80. The van der Waals surface area contributed by atoms with Gasteiger partial charge in [-0.3, -0.25) is 4.57 Å². The molecular weight excluding hydrogens is 212 g/mol. The number of aryl methyl sites for hydroxylation is 1. The van der Waals surface area contributed by atoms with E-state index in [0.29, 0.717) is 11.0 Å². The van der Waals surface area contributed by atoms with Crippen molar-refractivity contribution in [3.63, 3.8) is 0 Å². The standard InChI is InChI=1S/C10H11ClN4/c1-2-9-13-14-10(12)15(9)8-5-3-7(11)4-6-8/h3-6H,2H2,1H3,(H2,12,14). The Morgan fingerprint density at radius 2 is 1.93 bits per heavy atom. The largest absolute Gasteiger partial charge is 0.368 e. The van der Waals surface area contributed by atoms with Crippen molar-refractivity contribution in [3.05, 3.63) is 35.1 Å². The molecule has 78 valence electrons. The number of hydrogen-bond donors (Lipinski definition) is 1. The number of halogens is 1. The van der Waals surface area contributed by atoms with Gasteiger partial charge in [-0.2, -0.15) is 0 Å². The zero-order valence-corrected chi connectivity index (χ0v) is 9.07. The first kappa shape index (κ1) is 9.98. The minimum Gasteiger partial charge on any atom is -0.368 e. The quantitative estimate of drug-likeness (QED) is 0.846. The van der Waals surface area contributed by atoms with Crippen molar-refractivity contribution in [3.8, 4) is 5.69 Å². The van der Waals surface area contributed by atoms with E-state index >= 15 is 0 Å². The lowest BCUT2D eigenvalue weighted by Crippen LogP contribution is -2.04. The van der Waals surface area contributed by atoms with E-state index in [2.05, 4.69) is 10.2 Å². The smallest absolute Gasteiger partial charge is 0.226 e. The lowest BCUT2D eigenvalue weighted by atomic mass is 10.3. The van der Waals surface area contributed by atoms with Crippen LogP contribution in [0.25, 0.3) is 5.69 Å². The topological polar surface area (TPSA) is 56.7 Å². The van der Waals surface area contributed by atoms with Crippen LogP contribution in [-0.2, 0) is 6.42 Å².